The SMILES string of the molecule is COc1c(Br)cc(I)c(N)c1[N+](=O)[O-]. The van der Waals surface area contributed by atoms with Gasteiger partial charge in [0.2, 0.25) is 5.75 Å². The molecule has 0 heterocycles. The molecule has 0 bridgehead atoms. The first-order valence-corrected chi connectivity index (χ1v) is 5.32. The van der Waals surface area contributed by atoms with Crippen molar-refractivity contribution in [1.29, 1.82) is 0 Å². The Labute approximate surface area is 102 Å². The zero-order valence-electron chi connectivity index (χ0n) is 7.08. The Morgan fingerprint density at radius 1 is 1.71 bits per heavy atom. The van der Waals surface area contributed by atoms with Gasteiger partial charge < -0.3 is 10.5 Å². The van der Waals surface area contributed by atoms with Gasteiger partial charge in [0.25, 0.3) is 0 Å². The molecule has 5 nitrogen and oxygen atoms in total. The third-order valence-corrected chi connectivity index (χ3v) is 3.07. The molecule has 0 unspecified atom stereocenters. The van der Waals surface area contributed by atoms with E-state index in [0.29, 0.717) is 8.04 Å². The summed E-state index contributed by atoms with van der Waals surface area (Å²) in [4.78, 5) is 10.2. The highest BCUT2D eigenvalue weighted by Gasteiger charge is 2.24. The molecule has 0 aliphatic heterocycles. The third kappa shape index (κ3) is 1.92. The van der Waals surface area contributed by atoms with Crippen LogP contribution in [0.3, 0.4) is 0 Å². The van der Waals surface area contributed by atoms with Crippen LogP contribution in [-0.4, -0.2) is 12.0 Å². The molecule has 0 atom stereocenters. The van der Waals surface area contributed by atoms with Crippen molar-refractivity contribution in [2.75, 3.05) is 12.8 Å². The Morgan fingerprint density at radius 2 is 2.29 bits per heavy atom. The Hall–Kier alpha value is -0.570. The number of halogens is 2. The number of nitrogens with two attached hydrogens (primary N) is 1. The van der Waals surface area contributed by atoms with Crippen LogP contribution in [0, 0.1) is 13.7 Å². The van der Waals surface area contributed by atoms with E-state index < -0.39 is 4.92 Å². The molecule has 0 spiro atoms. The second kappa shape index (κ2) is 4.30. The van der Waals surface area contributed by atoms with E-state index in [4.69, 9.17) is 10.5 Å². The molecule has 1 aromatic carbocycles. The fourth-order valence-electron chi connectivity index (χ4n) is 0.979. The van der Waals surface area contributed by atoms with Crippen LogP contribution in [0.5, 0.6) is 5.75 Å². The van der Waals surface area contributed by atoms with Crippen molar-refractivity contribution < 1.29 is 9.66 Å². The molecule has 14 heavy (non-hydrogen) atoms. The van der Waals surface area contributed by atoms with Crippen LogP contribution >= 0.6 is 38.5 Å². The number of nitrogen functional groups attached to an aromatic ring is 1. The van der Waals surface area contributed by atoms with Gasteiger partial charge in [0.05, 0.1) is 16.5 Å². The molecule has 1 aromatic rings. The van der Waals surface area contributed by atoms with Crippen LogP contribution in [0.4, 0.5) is 11.4 Å². The van der Waals surface area contributed by atoms with E-state index in [1.807, 2.05) is 22.6 Å². The minimum Gasteiger partial charge on any atom is -0.489 e. The molecule has 0 amide bonds. The molecule has 0 aliphatic carbocycles. The first-order valence-electron chi connectivity index (χ1n) is 3.45. The molecular weight excluding hydrogens is 367 g/mol. The molecule has 7 heteroatoms. The fourth-order valence-corrected chi connectivity index (χ4v) is 2.55. The van der Waals surface area contributed by atoms with Gasteiger partial charge in [0, 0.05) is 3.57 Å². The second-order valence-electron chi connectivity index (χ2n) is 2.39. The quantitative estimate of drug-likeness (QED) is 0.374. The number of nitro groups is 1. The smallest absolute Gasteiger partial charge is 0.335 e. The highest BCUT2D eigenvalue weighted by atomic mass is 127. The van der Waals surface area contributed by atoms with E-state index >= 15 is 0 Å². The Morgan fingerprint density at radius 3 is 2.71 bits per heavy atom. The molecule has 2 N–H and O–H groups in total. The van der Waals surface area contributed by atoms with E-state index in [0.717, 1.165) is 0 Å². The lowest BCUT2D eigenvalue weighted by Gasteiger charge is -2.07. The van der Waals surface area contributed by atoms with Crippen LogP contribution < -0.4 is 10.5 Å². The van der Waals surface area contributed by atoms with Crippen LogP contribution in [0.15, 0.2) is 10.5 Å². The van der Waals surface area contributed by atoms with Crippen LogP contribution in [0.25, 0.3) is 0 Å². The summed E-state index contributed by atoms with van der Waals surface area (Å²) in [6.45, 7) is 0. The lowest BCUT2D eigenvalue weighted by Crippen LogP contribution is -2.01. The van der Waals surface area contributed by atoms with E-state index in [-0.39, 0.29) is 17.1 Å². The number of benzene rings is 1. The van der Waals surface area contributed by atoms with Crippen molar-refractivity contribution >= 4 is 49.9 Å². The average molecular weight is 373 g/mol. The van der Waals surface area contributed by atoms with Gasteiger partial charge in [-0.2, -0.15) is 0 Å². The molecule has 0 aliphatic rings. The van der Waals surface area contributed by atoms with Crippen molar-refractivity contribution in [3.8, 4) is 5.75 Å². The van der Waals surface area contributed by atoms with Gasteiger partial charge in [0.15, 0.2) is 0 Å². The summed E-state index contributed by atoms with van der Waals surface area (Å²) in [6, 6.07) is 1.67. The number of anilines is 1. The van der Waals surface area contributed by atoms with E-state index in [9.17, 15) is 10.1 Å². The Bertz CT molecular complexity index is 397. The molecule has 0 saturated heterocycles. The molecule has 0 fully saturated rings. The minimum atomic E-state index is -0.554. The number of hydrogen-bond donors (Lipinski definition) is 1. The Balaban J connectivity index is 3.56. The van der Waals surface area contributed by atoms with Gasteiger partial charge >= 0.3 is 5.69 Å². The monoisotopic (exact) mass is 372 g/mol. The van der Waals surface area contributed by atoms with Crippen LogP contribution in [0.1, 0.15) is 0 Å². The maximum Gasteiger partial charge on any atom is 0.335 e. The highest BCUT2D eigenvalue weighted by molar-refractivity contribution is 14.1. The van der Waals surface area contributed by atoms with Crippen molar-refractivity contribution in [1.82, 2.24) is 0 Å². The van der Waals surface area contributed by atoms with Crippen molar-refractivity contribution in [3.63, 3.8) is 0 Å². The lowest BCUT2D eigenvalue weighted by atomic mass is 10.2. The number of methoxy groups -OCH3 is 1. The number of nitrogens with zero attached hydrogens (tertiary/aromatic N) is 1. The molecule has 0 saturated carbocycles. The first-order chi connectivity index (χ1) is 6.49. The number of hydrogen-bond acceptors (Lipinski definition) is 4. The fraction of sp³-hybridized carbons (Fsp3) is 0.143. The zero-order chi connectivity index (χ0) is 10.9. The van der Waals surface area contributed by atoms with Gasteiger partial charge in [-0.1, -0.05) is 0 Å². The second-order valence-corrected chi connectivity index (χ2v) is 4.41. The summed E-state index contributed by atoms with van der Waals surface area (Å²) in [5, 5.41) is 10.7. The predicted molar refractivity (Wildman–Crippen MR) is 64.5 cm³/mol. The number of rotatable bonds is 2. The number of nitro benzene ring substituents is 1. The summed E-state index contributed by atoms with van der Waals surface area (Å²) in [5.41, 5.74) is 5.50. The van der Waals surface area contributed by atoms with E-state index in [1.54, 1.807) is 6.07 Å². The molecule has 76 valence electrons. The predicted octanol–water partition coefficient (Wildman–Crippen LogP) is 2.55. The molecule has 0 aromatic heterocycles. The van der Waals surface area contributed by atoms with Crippen LogP contribution in [0.2, 0.25) is 0 Å². The summed E-state index contributed by atoms with van der Waals surface area (Å²) in [5.74, 6) is 0.146. The minimum absolute atomic E-state index is 0.121. The maximum atomic E-state index is 10.7. The Kier molecular flexibility index (Phi) is 3.53. The standard InChI is InChI=1S/C7H6BrIN2O3/c1-14-7-3(8)2-4(9)5(10)6(7)11(12)13/h2H,10H2,1H3. The van der Waals surface area contributed by atoms with Crippen molar-refractivity contribution in [2.45, 2.75) is 0 Å². The van der Waals surface area contributed by atoms with Crippen molar-refractivity contribution in [3.05, 3.63) is 24.2 Å². The van der Waals surface area contributed by atoms with E-state index in [2.05, 4.69) is 15.9 Å². The normalized spacial score (nSPS) is 9.93. The average Bonchev–Trinajstić information content (AvgIpc) is 2.10. The third-order valence-electron chi connectivity index (χ3n) is 1.58. The van der Waals surface area contributed by atoms with E-state index in [1.165, 1.54) is 7.11 Å². The van der Waals surface area contributed by atoms with Gasteiger partial charge in [0.1, 0.15) is 5.69 Å². The maximum absolute atomic E-state index is 10.7. The van der Waals surface area contributed by atoms with Gasteiger partial charge in [-0.05, 0) is 44.6 Å². The van der Waals surface area contributed by atoms with Crippen LogP contribution in [-0.2, 0) is 0 Å². The first kappa shape index (κ1) is 11.5. The molecular formula is C7H6BrIN2O3. The molecule has 0 radical (unpaired) electrons. The van der Waals surface area contributed by atoms with Gasteiger partial charge in [-0.25, -0.2) is 0 Å². The summed E-state index contributed by atoms with van der Waals surface area (Å²) in [6.07, 6.45) is 0. The largest absolute Gasteiger partial charge is 0.489 e. The summed E-state index contributed by atoms with van der Waals surface area (Å²) >= 11 is 5.10. The number of ether oxygens (including phenoxy) is 1. The van der Waals surface area contributed by atoms with Crippen molar-refractivity contribution in [2.24, 2.45) is 0 Å². The zero-order valence-corrected chi connectivity index (χ0v) is 10.8. The molecule has 1 rings (SSSR count). The van der Waals surface area contributed by atoms with Gasteiger partial charge in [-0.3, -0.25) is 10.1 Å². The topological polar surface area (TPSA) is 78.4 Å². The lowest BCUT2D eigenvalue weighted by molar-refractivity contribution is -0.384. The summed E-state index contributed by atoms with van der Waals surface area (Å²) in [7, 11) is 1.36. The highest BCUT2D eigenvalue weighted by Crippen LogP contribution is 2.41. The van der Waals surface area contributed by atoms with Gasteiger partial charge in [-0.15, -0.1) is 0 Å². The summed E-state index contributed by atoms with van der Waals surface area (Å²) < 4.78 is 6.03.